The average molecular weight is 388 g/mol. The molecule has 0 aliphatic carbocycles. The number of carbonyl (C=O) groups excluding carboxylic acids is 1. The molecule has 29 heavy (non-hydrogen) atoms. The van der Waals surface area contributed by atoms with Crippen LogP contribution in [0.15, 0.2) is 54.9 Å². The van der Waals surface area contributed by atoms with E-state index in [1.807, 2.05) is 0 Å². The summed E-state index contributed by atoms with van der Waals surface area (Å²) in [5.41, 5.74) is 3.58. The summed E-state index contributed by atoms with van der Waals surface area (Å²) in [5, 5.41) is 2.83. The molecule has 3 aromatic rings. The van der Waals surface area contributed by atoms with Crippen LogP contribution in [0.3, 0.4) is 0 Å². The molecule has 0 saturated heterocycles. The molecule has 1 N–H and O–H groups in total. The van der Waals surface area contributed by atoms with Crippen molar-refractivity contribution in [3.8, 4) is 11.5 Å². The smallest absolute Gasteiger partial charge is 0.275 e. The molecule has 0 unspecified atom stereocenters. The normalized spacial score (nSPS) is 14.8. The number of nitrogens with zero attached hydrogens (tertiary/aromatic N) is 3. The fourth-order valence-corrected chi connectivity index (χ4v) is 3.61. The Hall–Kier alpha value is -3.61. The van der Waals surface area contributed by atoms with E-state index in [9.17, 15) is 4.79 Å². The van der Waals surface area contributed by atoms with Gasteiger partial charge in [0, 0.05) is 24.8 Å². The Morgan fingerprint density at radius 1 is 0.966 bits per heavy atom. The fraction of sp³-hybridized carbons (Fsp3) is 0.227. The molecule has 7 heteroatoms. The zero-order valence-electron chi connectivity index (χ0n) is 15.8. The standard InChI is InChI=1S/C22H20N4O3/c27-22(25-17-5-6-19-20(11-17)29-10-9-28-19)18-12-24-21(13-23-18)26-8-7-15-3-1-2-4-16(15)14-26/h1-6,11-13H,7-10,14H2,(H,25,27). The third-order valence-corrected chi connectivity index (χ3v) is 5.13. The molecule has 0 spiro atoms. The van der Waals surface area contributed by atoms with Crippen molar-refractivity contribution < 1.29 is 14.3 Å². The van der Waals surface area contributed by atoms with Crippen LogP contribution in [-0.2, 0) is 13.0 Å². The molecule has 0 radical (unpaired) electrons. The van der Waals surface area contributed by atoms with Crippen molar-refractivity contribution in [3.05, 3.63) is 71.7 Å². The predicted molar refractivity (Wildman–Crippen MR) is 109 cm³/mol. The van der Waals surface area contributed by atoms with Gasteiger partial charge in [0.1, 0.15) is 24.7 Å². The zero-order valence-corrected chi connectivity index (χ0v) is 15.8. The number of hydrogen-bond donors (Lipinski definition) is 1. The van der Waals surface area contributed by atoms with Gasteiger partial charge in [-0.1, -0.05) is 24.3 Å². The Balaban J connectivity index is 1.27. The van der Waals surface area contributed by atoms with E-state index in [2.05, 4.69) is 44.5 Å². The second-order valence-corrected chi connectivity index (χ2v) is 7.01. The number of ether oxygens (including phenoxy) is 2. The maximum absolute atomic E-state index is 12.5. The van der Waals surface area contributed by atoms with Crippen LogP contribution >= 0.6 is 0 Å². The molecule has 0 fully saturated rings. The first-order chi connectivity index (χ1) is 14.3. The lowest BCUT2D eigenvalue weighted by atomic mass is 10.0. The summed E-state index contributed by atoms with van der Waals surface area (Å²) in [6.07, 6.45) is 4.15. The number of amides is 1. The number of hydrogen-bond acceptors (Lipinski definition) is 6. The van der Waals surface area contributed by atoms with Gasteiger partial charge in [-0.05, 0) is 29.7 Å². The van der Waals surface area contributed by atoms with Gasteiger partial charge in [0.15, 0.2) is 11.5 Å². The molecule has 5 rings (SSSR count). The number of carbonyl (C=O) groups is 1. The first-order valence-corrected chi connectivity index (χ1v) is 9.61. The Morgan fingerprint density at radius 2 is 1.79 bits per heavy atom. The van der Waals surface area contributed by atoms with Crippen molar-refractivity contribution in [2.24, 2.45) is 0 Å². The highest BCUT2D eigenvalue weighted by Crippen LogP contribution is 2.32. The van der Waals surface area contributed by atoms with Crippen LogP contribution in [0, 0.1) is 0 Å². The quantitative estimate of drug-likeness (QED) is 0.743. The van der Waals surface area contributed by atoms with Crippen LogP contribution < -0.4 is 19.7 Å². The molecule has 1 aromatic heterocycles. The van der Waals surface area contributed by atoms with Gasteiger partial charge >= 0.3 is 0 Å². The third kappa shape index (κ3) is 3.59. The minimum absolute atomic E-state index is 0.265. The second kappa shape index (κ2) is 7.43. The van der Waals surface area contributed by atoms with Gasteiger partial charge in [0.2, 0.25) is 0 Å². The summed E-state index contributed by atoms with van der Waals surface area (Å²) < 4.78 is 11.0. The van der Waals surface area contributed by atoms with E-state index in [1.165, 1.54) is 17.3 Å². The number of rotatable bonds is 3. The monoisotopic (exact) mass is 388 g/mol. The summed E-state index contributed by atoms with van der Waals surface area (Å²) in [4.78, 5) is 23.5. The summed E-state index contributed by atoms with van der Waals surface area (Å²) in [6.45, 7) is 2.71. The van der Waals surface area contributed by atoms with Crippen LogP contribution in [0.5, 0.6) is 11.5 Å². The lowest BCUT2D eigenvalue weighted by molar-refractivity contribution is 0.102. The van der Waals surface area contributed by atoms with Crippen molar-refractivity contribution in [2.75, 3.05) is 30.0 Å². The van der Waals surface area contributed by atoms with Gasteiger partial charge in [-0.3, -0.25) is 4.79 Å². The Kier molecular flexibility index (Phi) is 4.48. The highest BCUT2D eigenvalue weighted by Gasteiger charge is 2.18. The average Bonchev–Trinajstić information content (AvgIpc) is 2.79. The van der Waals surface area contributed by atoms with Crippen LogP contribution in [0.25, 0.3) is 0 Å². The summed E-state index contributed by atoms with van der Waals surface area (Å²) in [7, 11) is 0. The number of nitrogens with one attached hydrogen (secondary N) is 1. The predicted octanol–water partition coefficient (Wildman–Crippen LogP) is 3.06. The molecule has 2 aliphatic rings. The maximum atomic E-state index is 12.5. The van der Waals surface area contributed by atoms with Crippen LogP contribution in [0.1, 0.15) is 21.6 Å². The van der Waals surface area contributed by atoms with Crippen molar-refractivity contribution in [3.63, 3.8) is 0 Å². The highest BCUT2D eigenvalue weighted by atomic mass is 16.6. The van der Waals surface area contributed by atoms with E-state index >= 15 is 0 Å². The number of benzene rings is 2. The van der Waals surface area contributed by atoms with Gasteiger partial charge in [-0.2, -0.15) is 0 Å². The molecule has 0 atom stereocenters. The maximum Gasteiger partial charge on any atom is 0.275 e. The minimum atomic E-state index is -0.315. The van der Waals surface area contributed by atoms with Crippen molar-refractivity contribution in [1.29, 1.82) is 0 Å². The highest BCUT2D eigenvalue weighted by molar-refractivity contribution is 6.02. The molecule has 7 nitrogen and oxygen atoms in total. The third-order valence-electron chi connectivity index (χ3n) is 5.13. The molecule has 2 aliphatic heterocycles. The van der Waals surface area contributed by atoms with Crippen LogP contribution in [0.2, 0.25) is 0 Å². The van der Waals surface area contributed by atoms with Gasteiger partial charge in [-0.15, -0.1) is 0 Å². The van der Waals surface area contributed by atoms with Gasteiger partial charge in [0.05, 0.1) is 12.4 Å². The molecule has 2 aromatic carbocycles. The Labute approximate surface area is 168 Å². The molecular weight excluding hydrogens is 368 g/mol. The molecular formula is C22H20N4O3. The lowest BCUT2D eigenvalue weighted by Crippen LogP contribution is -2.31. The summed E-state index contributed by atoms with van der Waals surface area (Å²) >= 11 is 0. The number of aromatic nitrogens is 2. The van der Waals surface area contributed by atoms with E-state index < -0.39 is 0 Å². The molecule has 1 amide bonds. The van der Waals surface area contributed by atoms with E-state index in [-0.39, 0.29) is 11.6 Å². The van der Waals surface area contributed by atoms with Crippen molar-refractivity contribution in [2.45, 2.75) is 13.0 Å². The van der Waals surface area contributed by atoms with Crippen molar-refractivity contribution >= 4 is 17.4 Å². The Bertz CT molecular complexity index is 1050. The lowest BCUT2D eigenvalue weighted by Gasteiger charge is -2.29. The molecule has 3 heterocycles. The van der Waals surface area contributed by atoms with Gasteiger partial charge < -0.3 is 19.7 Å². The SMILES string of the molecule is O=C(Nc1ccc2c(c1)OCCO2)c1cnc(N2CCc3ccccc3C2)cn1. The van der Waals surface area contributed by atoms with E-state index in [0.717, 1.165) is 25.3 Å². The molecule has 146 valence electrons. The first-order valence-electron chi connectivity index (χ1n) is 9.61. The summed E-state index contributed by atoms with van der Waals surface area (Å²) in [5.74, 6) is 1.77. The minimum Gasteiger partial charge on any atom is -0.486 e. The van der Waals surface area contributed by atoms with E-state index in [4.69, 9.17) is 9.47 Å². The van der Waals surface area contributed by atoms with E-state index in [1.54, 1.807) is 24.4 Å². The Morgan fingerprint density at radius 3 is 2.62 bits per heavy atom. The topological polar surface area (TPSA) is 76.6 Å². The van der Waals surface area contributed by atoms with Gasteiger partial charge in [0.25, 0.3) is 5.91 Å². The van der Waals surface area contributed by atoms with Crippen molar-refractivity contribution in [1.82, 2.24) is 9.97 Å². The second-order valence-electron chi connectivity index (χ2n) is 7.01. The fourth-order valence-electron chi connectivity index (χ4n) is 3.61. The van der Waals surface area contributed by atoms with Gasteiger partial charge in [-0.25, -0.2) is 9.97 Å². The van der Waals surface area contributed by atoms with E-state index in [0.29, 0.717) is 30.4 Å². The first kappa shape index (κ1) is 17.5. The van der Waals surface area contributed by atoms with Crippen LogP contribution in [-0.4, -0.2) is 35.6 Å². The summed E-state index contributed by atoms with van der Waals surface area (Å²) in [6, 6.07) is 13.8. The number of fused-ring (bicyclic) bond motifs is 2. The largest absolute Gasteiger partial charge is 0.486 e. The zero-order chi connectivity index (χ0) is 19.6. The number of anilines is 2. The van der Waals surface area contributed by atoms with Crippen LogP contribution in [0.4, 0.5) is 11.5 Å². The molecule has 0 bridgehead atoms. The molecule has 0 saturated carbocycles.